The highest BCUT2D eigenvalue weighted by atomic mass is 16.6. The molecule has 0 amide bonds. The Labute approximate surface area is 88.3 Å². The van der Waals surface area contributed by atoms with Gasteiger partial charge in [0.15, 0.2) is 0 Å². The minimum atomic E-state index is -0.443. The minimum absolute atomic E-state index is 0.0153. The van der Waals surface area contributed by atoms with Crippen molar-refractivity contribution in [3.63, 3.8) is 0 Å². The summed E-state index contributed by atoms with van der Waals surface area (Å²) >= 11 is 0. The van der Waals surface area contributed by atoms with Gasteiger partial charge in [0, 0.05) is 11.6 Å². The van der Waals surface area contributed by atoms with Gasteiger partial charge in [-0.3, -0.25) is 10.1 Å². The Balaban J connectivity index is 3.42. The molecule has 0 spiro atoms. The Kier molecular flexibility index (Phi) is 2.76. The van der Waals surface area contributed by atoms with Crippen LogP contribution < -0.4 is 0 Å². The third-order valence-electron chi connectivity index (χ3n) is 2.13. The van der Waals surface area contributed by atoms with Crippen molar-refractivity contribution in [1.29, 1.82) is 5.26 Å². The summed E-state index contributed by atoms with van der Waals surface area (Å²) in [6.07, 6.45) is 0. The van der Waals surface area contributed by atoms with Crippen molar-refractivity contribution in [2.24, 2.45) is 0 Å². The second kappa shape index (κ2) is 3.70. The molecule has 0 aliphatic rings. The summed E-state index contributed by atoms with van der Waals surface area (Å²) in [5.41, 5.74) is 0.680. The van der Waals surface area contributed by atoms with Gasteiger partial charge in [-0.2, -0.15) is 5.26 Å². The smallest absolute Gasteiger partial charge is 0.258 e. The third kappa shape index (κ3) is 2.32. The Morgan fingerprint density at radius 3 is 2.40 bits per heavy atom. The predicted octanol–water partition coefficient (Wildman–Crippen LogP) is 2.76. The SMILES string of the molecule is CC(C)(C)c1ccc(C#N)cc1[N+](=O)[O-]. The number of nitrogens with zero attached hydrogens (tertiary/aromatic N) is 2. The molecule has 15 heavy (non-hydrogen) atoms. The van der Waals surface area contributed by atoms with Crippen LogP contribution in [-0.4, -0.2) is 4.92 Å². The average molecular weight is 204 g/mol. The molecule has 0 fully saturated rings. The zero-order chi connectivity index (χ0) is 11.6. The second-order valence-electron chi connectivity index (χ2n) is 4.35. The van der Waals surface area contributed by atoms with Gasteiger partial charge in [-0.15, -0.1) is 0 Å². The zero-order valence-electron chi connectivity index (χ0n) is 8.94. The molecule has 0 aliphatic heterocycles. The van der Waals surface area contributed by atoms with Crippen molar-refractivity contribution in [2.45, 2.75) is 26.2 Å². The van der Waals surface area contributed by atoms with Crippen molar-refractivity contribution < 1.29 is 4.92 Å². The first-order valence-corrected chi connectivity index (χ1v) is 4.55. The quantitative estimate of drug-likeness (QED) is 0.521. The molecular weight excluding hydrogens is 192 g/mol. The molecule has 0 saturated heterocycles. The van der Waals surface area contributed by atoms with Crippen LogP contribution in [0.25, 0.3) is 0 Å². The Morgan fingerprint density at radius 2 is 2.00 bits per heavy atom. The largest absolute Gasteiger partial charge is 0.274 e. The molecule has 4 nitrogen and oxygen atoms in total. The van der Waals surface area contributed by atoms with Crippen LogP contribution in [0.1, 0.15) is 31.9 Å². The fourth-order valence-corrected chi connectivity index (χ4v) is 1.39. The Bertz CT molecular complexity index is 439. The van der Waals surface area contributed by atoms with E-state index in [2.05, 4.69) is 0 Å². The highest BCUT2D eigenvalue weighted by Gasteiger charge is 2.24. The number of rotatable bonds is 1. The van der Waals surface area contributed by atoms with E-state index in [1.54, 1.807) is 12.1 Å². The first-order chi connectivity index (χ1) is 6.86. The maximum Gasteiger partial charge on any atom is 0.274 e. The van der Waals surface area contributed by atoms with Crippen LogP contribution in [-0.2, 0) is 5.41 Å². The summed E-state index contributed by atoms with van der Waals surface area (Å²) < 4.78 is 0. The van der Waals surface area contributed by atoms with E-state index in [1.165, 1.54) is 6.07 Å². The summed E-state index contributed by atoms with van der Waals surface area (Å²) in [4.78, 5) is 10.4. The molecule has 0 bridgehead atoms. The van der Waals surface area contributed by atoms with Crippen molar-refractivity contribution in [1.82, 2.24) is 0 Å². The molecule has 0 saturated carbocycles. The monoisotopic (exact) mass is 204 g/mol. The number of benzene rings is 1. The van der Waals surface area contributed by atoms with Crippen LogP contribution >= 0.6 is 0 Å². The Morgan fingerprint density at radius 1 is 1.40 bits per heavy atom. The van der Waals surface area contributed by atoms with Crippen LogP contribution in [0.15, 0.2) is 18.2 Å². The van der Waals surface area contributed by atoms with Gasteiger partial charge in [0.25, 0.3) is 5.69 Å². The molecule has 0 N–H and O–H groups in total. The molecule has 1 aromatic rings. The van der Waals surface area contributed by atoms with E-state index >= 15 is 0 Å². The molecular formula is C11H12N2O2. The summed E-state index contributed by atoms with van der Waals surface area (Å²) in [6.45, 7) is 5.71. The minimum Gasteiger partial charge on any atom is -0.258 e. The van der Waals surface area contributed by atoms with Crippen molar-refractivity contribution in [2.75, 3.05) is 0 Å². The highest BCUT2D eigenvalue weighted by Crippen LogP contribution is 2.31. The predicted molar refractivity (Wildman–Crippen MR) is 56.5 cm³/mol. The lowest BCUT2D eigenvalue weighted by Crippen LogP contribution is -2.13. The molecule has 0 aliphatic carbocycles. The maximum absolute atomic E-state index is 10.8. The van der Waals surface area contributed by atoms with Crippen LogP contribution in [0.2, 0.25) is 0 Å². The third-order valence-corrected chi connectivity index (χ3v) is 2.13. The number of hydrogen-bond donors (Lipinski definition) is 0. The summed E-state index contributed by atoms with van der Waals surface area (Å²) in [6, 6.07) is 6.47. The number of nitro groups is 1. The standard InChI is InChI=1S/C11H12N2O2/c1-11(2,3)9-5-4-8(7-12)6-10(9)13(14)15/h4-6H,1-3H3. The molecule has 1 rings (SSSR count). The van der Waals surface area contributed by atoms with Gasteiger partial charge >= 0.3 is 0 Å². The highest BCUT2D eigenvalue weighted by molar-refractivity contribution is 5.50. The number of hydrogen-bond acceptors (Lipinski definition) is 3. The average Bonchev–Trinajstić information content (AvgIpc) is 2.15. The fourth-order valence-electron chi connectivity index (χ4n) is 1.39. The van der Waals surface area contributed by atoms with E-state index < -0.39 is 4.92 Å². The lowest BCUT2D eigenvalue weighted by molar-refractivity contribution is -0.386. The van der Waals surface area contributed by atoms with Crippen molar-refractivity contribution >= 4 is 5.69 Å². The van der Waals surface area contributed by atoms with Gasteiger partial charge in [-0.1, -0.05) is 26.8 Å². The molecule has 0 unspecified atom stereocenters. The van der Waals surface area contributed by atoms with E-state index in [9.17, 15) is 10.1 Å². The second-order valence-corrected chi connectivity index (χ2v) is 4.35. The molecule has 78 valence electrons. The zero-order valence-corrected chi connectivity index (χ0v) is 8.94. The van der Waals surface area contributed by atoms with Gasteiger partial charge in [0.1, 0.15) is 0 Å². The van der Waals surface area contributed by atoms with Crippen LogP contribution in [0, 0.1) is 21.4 Å². The van der Waals surface area contributed by atoms with E-state index in [0.29, 0.717) is 11.1 Å². The molecule has 0 radical (unpaired) electrons. The lowest BCUT2D eigenvalue weighted by atomic mass is 9.85. The van der Waals surface area contributed by atoms with Gasteiger partial charge < -0.3 is 0 Å². The topological polar surface area (TPSA) is 66.9 Å². The molecule has 0 atom stereocenters. The number of nitriles is 1. The molecule has 0 heterocycles. The summed E-state index contributed by atoms with van der Waals surface area (Å²) in [5, 5.41) is 19.5. The van der Waals surface area contributed by atoms with E-state index in [1.807, 2.05) is 26.8 Å². The lowest BCUT2D eigenvalue weighted by Gasteiger charge is -2.18. The first kappa shape index (κ1) is 11.2. The maximum atomic E-state index is 10.8. The molecule has 4 heteroatoms. The van der Waals surface area contributed by atoms with Crippen LogP contribution in [0.5, 0.6) is 0 Å². The molecule has 1 aromatic carbocycles. The normalized spacial score (nSPS) is 10.8. The molecule has 0 aromatic heterocycles. The van der Waals surface area contributed by atoms with E-state index in [4.69, 9.17) is 5.26 Å². The van der Waals surface area contributed by atoms with Gasteiger partial charge in [0.2, 0.25) is 0 Å². The van der Waals surface area contributed by atoms with Gasteiger partial charge in [0.05, 0.1) is 16.6 Å². The summed E-state index contributed by atoms with van der Waals surface area (Å²) in [7, 11) is 0. The first-order valence-electron chi connectivity index (χ1n) is 4.55. The Hall–Kier alpha value is -1.89. The fraction of sp³-hybridized carbons (Fsp3) is 0.364. The van der Waals surface area contributed by atoms with Gasteiger partial charge in [-0.25, -0.2) is 0 Å². The van der Waals surface area contributed by atoms with E-state index in [0.717, 1.165) is 0 Å². The van der Waals surface area contributed by atoms with E-state index in [-0.39, 0.29) is 11.1 Å². The van der Waals surface area contributed by atoms with Crippen LogP contribution in [0.4, 0.5) is 5.69 Å². The van der Waals surface area contributed by atoms with Crippen molar-refractivity contribution in [3.05, 3.63) is 39.4 Å². The van der Waals surface area contributed by atoms with Gasteiger partial charge in [-0.05, 0) is 11.5 Å². The number of nitro benzene ring substituents is 1. The van der Waals surface area contributed by atoms with Crippen molar-refractivity contribution in [3.8, 4) is 6.07 Å². The van der Waals surface area contributed by atoms with Crippen LogP contribution in [0.3, 0.4) is 0 Å². The summed E-state index contributed by atoms with van der Waals surface area (Å²) in [5.74, 6) is 0.